The third kappa shape index (κ3) is 5.71. The summed E-state index contributed by atoms with van der Waals surface area (Å²) in [6.45, 7) is 1.94. The van der Waals surface area contributed by atoms with Gasteiger partial charge >= 0.3 is 0 Å². The molecule has 0 aliphatic carbocycles. The van der Waals surface area contributed by atoms with Crippen LogP contribution < -0.4 is 15.4 Å². The minimum absolute atomic E-state index is 0.0306. The summed E-state index contributed by atoms with van der Waals surface area (Å²) < 4.78 is 6.68. The molecule has 0 spiro atoms. The third-order valence-electron chi connectivity index (χ3n) is 4.02. The molecule has 6 heteroatoms. The van der Waals surface area contributed by atoms with Crippen LogP contribution in [-0.2, 0) is 4.79 Å². The van der Waals surface area contributed by atoms with Crippen LogP contribution >= 0.6 is 15.9 Å². The van der Waals surface area contributed by atoms with Gasteiger partial charge in [-0.15, -0.1) is 0 Å². The van der Waals surface area contributed by atoms with Crippen LogP contribution in [0, 0.1) is 18.3 Å². The first-order valence-corrected chi connectivity index (χ1v) is 9.62. The van der Waals surface area contributed by atoms with Gasteiger partial charge in [0, 0.05) is 22.0 Å². The fraction of sp³-hybridized carbons (Fsp3) is 0.0435. The first-order chi connectivity index (χ1) is 14.0. The van der Waals surface area contributed by atoms with Gasteiger partial charge in [-0.1, -0.05) is 34.1 Å². The minimum Gasteiger partial charge on any atom is -0.457 e. The fourth-order valence-electron chi connectivity index (χ4n) is 2.52. The Kier molecular flexibility index (Phi) is 6.67. The molecule has 0 unspecified atom stereocenters. The van der Waals surface area contributed by atoms with Crippen molar-refractivity contribution in [2.45, 2.75) is 6.92 Å². The molecular weight excluding hydrogens is 430 g/mol. The summed E-state index contributed by atoms with van der Waals surface area (Å²) in [5.74, 6) is 0.886. The van der Waals surface area contributed by atoms with Crippen molar-refractivity contribution in [1.82, 2.24) is 0 Å². The quantitative estimate of drug-likeness (QED) is 0.358. The summed E-state index contributed by atoms with van der Waals surface area (Å²) in [5.41, 5.74) is 2.34. The zero-order valence-corrected chi connectivity index (χ0v) is 17.2. The average Bonchev–Trinajstić information content (AvgIpc) is 2.72. The number of anilines is 2. The minimum atomic E-state index is -0.494. The zero-order valence-electron chi connectivity index (χ0n) is 15.6. The van der Waals surface area contributed by atoms with Gasteiger partial charge < -0.3 is 15.4 Å². The molecule has 0 radical (unpaired) electrons. The molecule has 3 aromatic rings. The smallest absolute Gasteiger partial charge is 0.267 e. The van der Waals surface area contributed by atoms with Gasteiger partial charge in [0.25, 0.3) is 5.91 Å². The lowest BCUT2D eigenvalue weighted by atomic mass is 10.2. The van der Waals surface area contributed by atoms with Crippen molar-refractivity contribution in [3.63, 3.8) is 0 Å². The van der Waals surface area contributed by atoms with Crippen molar-refractivity contribution >= 4 is 33.2 Å². The lowest BCUT2D eigenvalue weighted by molar-refractivity contribution is -0.112. The average molecular weight is 448 g/mol. The van der Waals surface area contributed by atoms with E-state index in [1.54, 1.807) is 24.3 Å². The summed E-state index contributed by atoms with van der Waals surface area (Å²) in [7, 11) is 0. The second-order valence-electron chi connectivity index (χ2n) is 6.17. The van der Waals surface area contributed by atoms with Gasteiger partial charge in [-0.05, 0) is 67.1 Å². The molecule has 5 nitrogen and oxygen atoms in total. The number of benzene rings is 3. The van der Waals surface area contributed by atoms with Crippen LogP contribution in [0.15, 0.2) is 89.0 Å². The van der Waals surface area contributed by atoms with E-state index >= 15 is 0 Å². The molecular formula is C23H18BrN3O2. The van der Waals surface area contributed by atoms with E-state index in [1.165, 1.54) is 6.20 Å². The van der Waals surface area contributed by atoms with E-state index < -0.39 is 5.91 Å². The van der Waals surface area contributed by atoms with Gasteiger partial charge in [-0.25, -0.2) is 0 Å². The van der Waals surface area contributed by atoms with E-state index in [4.69, 9.17) is 4.74 Å². The number of para-hydroxylation sites is 1. The number of rotatable bonds is 6. The Bertz CT molecular complexity index is 1070. The Morgan fingerprint density at radius 3 is 2.38 bits per heavy atom. The lowest BCUT2D eigenvalue weighted by Gasteiger charge is -2.09. The van der Waals surface area contributed by atoms with Crippen LogP contribution in [0.1, 0.15) is 5.56 Å². The number of carbonyl (C=O) groups excluding carboxylic acids is 1. The lowest BCUT2D eigenvalue weighted by Crippen LogP contribution is -2.14. The molecule has 0 saturated carbocycles. The van der Waals surface area contributed by atoms with E-state index in [9.17, 15) is 10.1 Å². The number of nitrogens with zero attached hydrogens (tertiary/aromatic N) is 1. The Morgan fingerprint density at radius 2 is 1.72 bits per heavy atom. The molecule has 29 heavy (non-hydrogen) atoms. The number of amides is 1. The molecule has 0 fully saturated rings. The highest BCUT2D eigenvalue weighted by molar-refractivity contribution is 9.10. The molecule has 0 saturated heterocycles. The molecule has 0 atom stereocenters. The second-order valence-corrected chi connectivity index (χ2v) is 7.08. The molecule has 1 amide bonds. The maximum atomic E-state index is 12.4. The molecule has 0 heterocycles. The molecule has 0 bridgehead atoms. The molecule has 2 N–H and O–H groups in total. The Hall–Kier alpha value is -3.56. The highest BCUT2D eigenvalue weighted by Crippen LogP contribution is 2.23. The van der Waals surface area contributed by atoms with Crippen molar-refractivity contribution in [2.24, 2.45) is 0 Å². The van der Waals surface area contributed by atoms with Crippen molar-refractivity contribution in [2.75, 3.05) is 10.6 Å². The largest absolute Gasteiger partial charge is 0.457 e. The predicted molar refractivity (Wildman–Crippen MR) is 118 cm³/mol. The maximum Gasteiger partial charge on any atom is 0.267 e. The molecule has 144 valence electrons. The van der Waals surface area contributed by atoms with Crippen LogP contribution in [0.25, 0.3) is 0 Å². The van der Waals surface area contributed by atoms with Crippen LogP contribution in [0.5, 0.6) is 11.5 Å². The molecule has 0 aromatic heterocycles. The van der Waals surface area contributed by atoms with E-state index in [2.05, 4.69) is 26.6 Å². The predicted octanol–water partition coefficient (Wildman–Crippen LogP) is 6.01. The number of aryl methyl sites for hydroxylation is 1. The third-order valence-corrected chi connectivity index (χ3v) is 4.51. The summed E-state index contributed by atoms with van der Waals surface area (Å²) >= 11 is 3.41. The van der Waals surface area contributed by atoms with E-state index in [1.807, 2.05) is 61.5 Å². The molecule has 3 aromatic carbocycles. The van der Waals surface area contributed by atoms with Gasteiger partial charge in [0.15, 0.2) is 0 Å². The van der Waals surface area contributed by atoms with Gasteiger partial charge in [0.1, 0.15) is 23.1 Å². The van der Waals surface area contributed by atoms with Crippen LogP contribution in [0.2, 0.25) is 0 Å². The first-order valence-electron chi connectivity index (χ1n) is 8.82. The number of halogens is 1. The van der Waals surface area contributed by atoms with Crippen molar-refractivity contribution in [3.8, 4) is 17.6 Å². The number of hydrogen-bond donors (Lipinski definition) is 2. The highest BCUT2D eigenvalue weighted by atomic mass is 79.9. The number of ether oxygens (including phenoxy) is 1. The summed E-state index contributed by atoms with van der Waals surface area (Å²) in [5, 5.41) is 15.0. The Morgan fingerprint density at radius 1 is 1.03 bits per heavy atom. The molecule has 0 aliphatic rings. The number of nitrogens with one attached hydrogen (secondary N) is 2. The van der Waals surface area contributed by atoms with Crippen molar-refractivity contribution in [3.05, 3.63) is 94.6 Å². The van der Waals surface area contributed by atoms with Gasteiger partial charge in [-0.3, -0.25) is 4.79 Å². The van der Waals surface area contributed by atoms with E-state index in [0.29, 0.717) is 11.4 Å². The number of nitriles is 1. The van der Waals surface area contributed by atoms with Gasteiger partial charge in [0.05, 0.1) is 0 Å². The van der Waals surface area contributed by atoms with Gasteiger partial charge in [0.2, 0.25) is 0 Å². The fourth-order valence-corrected chi connectivity index (χ4v) is 2.99. The molecule has 3 rings (SSSR count). The summed E-state index contributed by atoms with van der Waals surface area (Å²) in [4.78, 5) is 12.4. The van der Waals surface area contributed by atoms with Crippen LogP contribution in [0.3, 0.4) is 0 Å². The number of carbonyl (C=O) groups is 1. The zero-order chi connectivity index (χ0) is 20.6. The monoisotopic (exact) mass is 447 g/mol. The standard InChI is InChI=1S/C23H18BrN3O2/c1-16-13-18(24)7-12-22(16)26-15-17(14-25)23(28)27-19-8-10-21(11-9-19)29-20-5-3-2-4-6-20/h2-13,15,26H,1H3,(H,27,28)/b17-15-. The normalized spacial score (nSPS) is 10.7. The van der Waals surface area contributed by atoms with E-state index in [0.717, 1.165) is 21.5 Å². The summed E-state index contributed by atoms with van der Waals surface area (Å²) in [6.07, 6.45) is 1.40. The maximum absolute atomic E-state index is 12.4. The van der Waals surface area contributed by atoms with Crippen LogP contribution in [0.4, 0.5) is 11.4 Å². The first kappa shape index (κ1) is 20.2. The molecule has 0 aliphatic heterocycles. The Balaban J connectivity index is 1.64. The van der Waals surface area contributed by atoms with Gasteiger partial charge in [-0.2, -0.15) is 5.26 Å². The second kappa shape index (κ2) is 9.58. The van der Waals surface area contributed by atoms with E-state index in [-0.39, 0.29) is 5.57 Å². The van der Waals surface area contributed by atoms with Crippen molar-refractivity contribution in [1.29, 1.82) is 5.26 Å². The Labute approximate surface area is 177 Å². The van der Waals surface area contributed by atoms with Crippen LogP contribution in [-0.4, -0.2) is 5.91 Å². The van der Waals surface area contributed by atoms with Crippen molar-refractivity contribution < 1.29 is 9.53 Å². The summed E-state index contributed by atoms with van der Waals surface area (Å²) in [6, 6.07) is 24.0. The highest BCUT2D eigenvalue weighted by Gasteiger charge is 2.10. The number of hydrogen-bond acceptors (Lipinski definition) is 4. The topological polar surface area (TPSA) is 74.2 Å². The SMILES string of the molecule is Cc1cc(Br)ccc1N/C=C(/C#N)C(=O)Nc1ccc(Oc2ccccc2)cc1.